The second-order valence-corrected chi connectivity index (χ2v) is 4.40. The molecule has 1 aromatic carbocycles. The molecule has 1 atom stereocenters. The van der Waals surface area contributed by atoms with Crippen LogP contribution in [0.25, 0.3) is 0 Å². The number of nitrogens with one attached hydrogen (secondary N) is 1. The fourth-order valence-corrected chi connectivity index (χ4v) is 1.92. The summed E-state index contributed by atoms with van der Waals surface area (Å²) in [5.74, 6) is 0. The van der Waals surface area contributed by atoms with Gasteiger partial charge < -0.3 is 10.1 Å². The smallest absolute Gasteiger partial charge is 0.0733 e. The zero-order valence-corrected chi connectivity index (χ0v) is 11.1. The molecule has 0 saturated heterocycles. The Labute approximate surface area is 108 Å². The average molecular weight is 245 g/mol. The molecule has 0 saturated carbocycles. The number of methoxy groups -OCH3 is 1. The lowest BCUT2D eigenvalue weighted by Gasteiger charge is -2.16. The number of benzene rings is 1. The van der Waals surface area contributed by atoms with Crippen LogP contribution in [-0.2, 0) is 18.4 Å². The second kappa shape index (κ2) is 5.69. The third kappa shape index (κ3) is 2.90. The molecule has 4 nitrogen and oxygen atoms in total. The van der Waals surface area contributed by atoms with Crippen molar-refractivity contribution in [3.05, 3.63) is 47.8 Å². The van der Waals surface area contributed by atoms with E-state index < -0.39 is 0 Å². The number of aryl methyl sites for hydroxylation is 1. The third-order valence-corrected chi connectivity index (χ3v) is 2.91. The Balaban J connectivity index is 2.13. The normalized spacial score (nSPS) is 12.4. The van der Waals surface area contributed by atoms with E-state index >= 15 is 0 Å². The minimum atomic E-state index is 0.219. The van der Waals surface area contributed by atoms with Crippen LogP contribution < -0.4 is 5.32 Å². The Morgan fingerprint density at radius 3 is 2.83 bits per heavy atom. The molecule has 18 heavy (non-hydrogen) atoms. The topological polar surface area (TPSA) is 39.1 Å². The molecule has 4 heteroatoms. The van der Waals surface area contributed by atoms with Gasteiger partial charge in [0.05, 0.1) is 18.8 Å². The number of aromatic nitrogens is 2. The van der Waals surface area contributed by atoms with E-state index in [0.717, 1.165) is 11.3 Å². The van der Waals surface area contributed by atoms with Crippen molar-refractivity contribution in [1.82, 2.24) is 9.78 Å². The highest BCUT2D eigenvalue weighted by atomic mass is 16.5. The van der Waals surface area contributed by atoms with E-state index in [9.17, 15) is 0 Å². The van der Waals surface area contributed by atoms with Crippen molar-refractivity contribution >= 4 is 5.69 Å². The molecule has 0 aliphatic rings. The van der Waals surface area contributed by atoms with Crippen LogP contribution in [0.1, 0.15) is 24.1 Å². The van der Waals surface area contributed by atoms with E-state index in [1.807, 2.05) is 36.3 Å². The lowest BCUT2D eigenvalue weighted by molar-refractivity contribution is 0.185. The summed E-state index contributed by atoms with van der Waals surface area (Å²) in [7, 11) is 3.64. The van der Waals surface area contributed by atoms with E-state index in [1.54, 1.807) is 7.11 Å². The maximum absolute atomic E-state index is 5.20. The SMILES string of the molecule is COCc1ccccc1NC(C)c1cnn(C)c1. The number of para-hydroxylation sites is 1. The molecule has 1 N–H and O–H groups in total. The molecule has 1 unspecified atom stereocenters. The number of hydrogen-bond donors (Lipinski definition) is 1. The maximum atomic E-state index is 5.20. The van der Waals surface area contributed by atoms with Gasteiger partial charge in [0.2, 0.25) is 0 Å². The van der Waals surface area contributed by atoms with Crippen LogP contribution in [0.15, 0.2) is 36.7 Å². The highest BCUT2D eigenvalue weighted by molar-refractivity contribution is 5.52. The maximum Gasteiger partial charge on any atom is 0.0733 e. The molecule has 0 spiro atoms. The fraction of sp³-hybridized carbons (Fsp3) is 0.357. The van der Waals surface area contributed by atoms with E-state index in [0.29, 0.717) is 6.61 Å². The van der Waals surface area contributed by atoms with Crippen LogP contribution in [0, 0.1) is 0 Å². The second-order valence-electron chi connectivity index (χ2n) is 4.40. The van der Waals surface area contributed by atoms with E-state index in [4.69, 9.17) is 4.74 Å². The Bertz CT molecular complexity index is 507. The summed E-state index contributed by atoms with van der Waals surface area (Å²) in [6, 6.07) is 8.41. The number of anilines is 1. The minimum absolute atomic E-state index is 0.219. The Morgan fingerprint density at radius 1 is 1.39 bits per heavy atom. The Kier molecular flexibility index (Phi) is 3.99. The Morgan fingerprint density at radius 2 is 2.17 bits per heavy atom. The summed E-state index contributed by atoms with van der Waals surface area (Å²) in [5, 5.41) is 7.68. The third-order valence-electron chi connectivity index (χ3n) is 2.91. The molecule has 0 amide bonds. The summed E-state index contributed by atoms with van der Waals surface area (Å²) < 4.78 is 7.02. The summed E-state index contributed by atoms with van der Waals surface area (Å²) >= 11 is 0. The lowest BCUT2D eigenvalue weighted by Crippen LogP contribution is -2.08. The zero-order chi connectivity index (χ0) is 13.0. The molecular weight excluding hydrogens is 226 g/mol. The van der Waals surface area contributed by atoms with Gasteiger partial charge in [-0.3, -0.25) is 4.68 Å². The van der Waals surface area contributed by atoms with E-state index in [-0.39, 0.29) is 6.04 Å². The van der Waals surface area contributed by atoms with Crippen molar-refractivity contribution in [2.24, 2.45) is 7.05 Å². The molecule has 2 aromatic rings. The average Bonchev–Trinajstić information content (AvgIpc) is 2.79. The molecule has 0 aliphatic carbocycles. The van der Waals surface area contributed by atoms with Gasteiger partial charge in [0.1, 0.15) is 0 Å². The number of nitrogens with zero attached hydrogens (tertiary/aromatic N) is 2. The van der Waals surface area contributed by atoms with Gasteiger partial charge in [0, 0.05) is 37.2 Å². The molecule has 0 fully saturated rings. The summed E-state index contributed by atoms with van der Waals surface area (Å²) in [4.78, 5) is 0. The fourth-order valence-electron chi connectivity index (χ4n) is 1.92. The van der Waals surface area contributed by atoms with Gasteiger partial charge in [-0.15, -0.1) is 0 Å². The highest BCUT2D eigenvalue weighted by Gasteiger charge is 2.09. The van der Waals surface area contributed by atoms with Gasteiger partial charge in [0.15, 0.2) is 0 Å². The van der Waals surface area contributed by atoms with Crippen LogP contribution in [0.3, 0.4) is 0 Å². The molecule has 1 aromatic heterocycles. The number of hydrogen-bond acceptors (Lipinski definition) is 3. The molecule has 0 aliphatic heterocycles. The van der Waals surface area contributed by atoms with Crippen molar-refractivity contribution in [2.75, 3.05) is 12.4 Å². The molecule has 96 valence electrons. The van der Waals surface area contributed by atoms with Gasteiger partial charge in [0.25, 0.3) is 0 Å². The quantitative estimate of drug-likeness (QED) is 0.880. The summed E-state index contributed by atoms with van der Waals surface area (Å²) in [5.41, 5.74) is 3.44. The van der Waals surface area contributed by atoms with Crippen LogP contribution in [-0.4, -0.2) is 16.9 Å². The van der Waals surface area contributed by atoms with E-state index in [2.05, 4.69) is 29.5 Å². The predicted octanol–water partition coefficient (Wildman–Crippen LogP) is 2.74. The van der Waals surface area contributed by atoms with Gasteiger partial charge in [-0.05, 0) is 13.0 Å². The van der Waals surface area contributed by atoms with Crippen molar-refractivity contribution in [2.45, 2.75) is 19.6 Å². The van der Waals surface area contributed by atoms with Crippen molar-refractivity contribution in [3.63, 3.8) is 0 Å². The number of rotatable bonds is 5. The first-order valence-corrected chi connectivity index (χ1v) is 6.02. The van der Waals surface area contributed by atoms with Crippen LogP contribution >= 0.6 is 0 Å². The van der Waals surface area contributed by atoms with Crippen molar-refractivity contribution in [3.8, 4) is 0 Å². The first-order valence-electron chi connectivity index (χ1n) is 6.02. The van der Waals surface area contributed by atoms with Crippen LogP contribution in [0.2, 0.25) is 0 Å². The standard InChI is InChI=1S/C14H19N3O/c1-11(13-8-15-17(2)9-13)16-14-7-5-4-6-12(14)10-18-3/h4-9,11,16H,10H2,1-3H3. The number of ether oxygens (including phenoxy) is 1. The minimum Gasteiger partial charge on any atom is -0.380 e. The summed E-state index contributed by atoms with van der Waals surface area (Å²) in [6.07, 6.45) is 3.91. The molecule has 2 rings (SSSR count). The van der Waals surface area contributed by atoms with Gasteiger partial charge in [-0.2, -0.15) is 5.10 Å². The first-order chi connectivity index (χ1) is 8.70. The van der Waals surface area contributed by atoms with Crippen LogP contribution in [0.4, 0.5) is 5.69 Å². The van der Waals surface area contributed by atoms with Crippen LogP contribution in [0.5, 0.6) is 0 Å². The molecule has 0 radical (unpaired) electrons. The predicted molar refractivity (Wildman–Crippen MR) is 72.4 cm³/mol. The van der Waals surface area contributed by atoms with Gasteiger partial charge in [-0.25, -0.2) is 0 Å². The first kappa shape index (κ1) is 12.6. The van der Waals surface area contributed by atoms with Crippen molar-refractivity contribution in [1.29, 1.82) is 0 Å². The summed E-state index contributed by atoms with van der Waals surface area (Å²) in [6.45, 7) is 2.74. The van der Waals surface area contributed by atoms with Crippen molar-refractivity contribution < 1.29 is 4.74 Å². The molecule has 0 bridgehead atoms. The lowest BCUT2D eigenvalue weighted by atomic mass is 10.1. The van der Waals surface area contributed by atoms with Gasteiger partial charge in [-0.1, -0.05) is 18.2 Å². The molecular formula is C14H19N3O. The largest absolute Gasteiger partial charge is 0.380 e. The van der Waals surface area contributed by atoms with E-state index in [1.165, 1.54) is 5.56 Å². The highest BCUT2D eigenvalue weighted by Crippen LogP contribution is 2.22. The molecule has 1 heterocycles. The monoisotopic (exact) mass is 245 g/mol. The Hall–Kier alpha value is -1.81. The zero-order valence-electron chi connectivity index (χ0n) is 11.1. The van der Waals surface area contributed by atoms with Gasteiger partial charge >= 0.3 is 0 Å².